The minimum absolute atomic E-state index is 0.0544. The van der Waals surface area contributed by atoms with Gasteiger partial charge >= 0.3 is 12.1 Å². The first-order valence-electron chi connectivity index (χ1n) is 20.9. The lowest BCUT2D eigenvalue weighted by molar-refractivity contribution is -0.186. The second kappa shape index (κ2) is 21.3. The summed E-state index contributed by atoms with van der Waals surface area (Å²) in [5, 5.41) is 45.7. The number of hydrogen-bond donors (Lipinski definition) is 9. The van der Waals surface area contributed by atoms with Crippen molar-refractivity contribution in [2.45, 2.75) is 102 Å². The maximum Gasteiger partial charge on any atom is 0.410 e. The van der Waals surface area contributed by atoms with E-state index in [1.807, 2.05) is 0 Å². The Morgan fingerprint density at radius 1 is 0.955 bits per heavy atom. The van der Waals surface area contributed by atoms with Gasteiger partial charge in [-0.25, -0.2) is 19.7 Å². The molecule has 2 fully saturated rings. The van der Waals surface area contributed by atoms with Crippen LogP contribution < -0.4 is 26.6 Å². The molecule has 9 atom stereocenters. The van der Waals surface area contributed by atoms with Gasteiger partial charge in [0.2, 0.25) is 23.6 Å². The highest BCUT2D eigenvalue weighted by molar-refractivity contribution is 6.13. The number of aromatic nitrogens is 4. The van der Waals surface area contributed by atoms with Crippen LogP contribution in [0.25, 0.3) is 11.2 Å². The average molecular weight is 922 g/mol. The van der Waals surface area contributed by atoms with Crippen molar-refractivity contribution in [3.05, 3.63) is 54.6 Å². The van der Waals surface area contributed by atoms with Crippen molar-refractivity contribution in [1.29, 1.82) is 0 Å². The SMILES string of the molecule is CC(=O)O[C@H]1CCN(C(=O)OCc2ccc(NC(=O)[C@H](C)NC(=O)[C@@H](NC(=O)CCN3C(=O)C=CC3=O)C(C)C)cc2)[C@H]1C(=O)N[C@@H]1[C@@H](O)[C@H](O)[C@@H](Nc2ncnc3nc[nH]c23)O[C@H]1CO. The summed E-state index contributed by atoms with van der Waals surface area (Å²) in [6.07, 6.45) is -3.40. The minimum Gasteiger partial charge on any atom is -0.460 e. The van der Waals surface area contributed by atoms with Crippen molar-refractivity contribution in [3.63, 3.8) is 0 Å². The standard InChI is InChI=1S/C41H51N11O14/c1-19(2)29(48-26(55)12-14-51-27(56)9-10-28(51)57)38(61)46-20(3)37(60)47-23-7-5-22(6-8-23)16-64-41(63)52-13-11-24(65-21(4)54)32(52)39(62)49-30-25(15-53)66-40(34(59)33(30)58)50-36-31-35(43-17-42-31)44-18-45-36/h5-10,17-20,24-25,29-30,32-34,40,53,58-59H,11-16H2,1-4H3,(H,46,61)(H,47,60)(H,48,55)(H,49,62)(H2,42,43,44,45,50)/t20-,24-,25-,29-,30-,32+,33+,34-,40-/m0/s1. The number of benzene rings is 1. The van der Waals surface area contributed by atoms with E-state index in [1.165, 1.54) is 31.7 Å². The summed E-state index contributed by atoms with van der Waals surface area (Å²) in [5.41, 5.74) is 1.50. The van der Waals surface area contributed by atoms with Crippen molar-refractivity contribution in [1.82, 2.24) is 45.7 Å². The topological polar surface area (TPSA) is 346 Å². The lowest BCUT2D eigenvalue weighted by Gasteiger charge is -2.43. The lowest BCUT2D eigenvalue weighted by Crippen LogP contribution is -2.67. The smallest absolute Gasteiger partial charge is 0.410 e. The van der Waals surface area contributed by atoms with Gasteiger partial charge in [0, 0.05) is 50.7 Å². The molecule has 7 amide bonds. The number of rotatable bonds is 17. The van der Waals surface area contributed by atoms with E-state index in [9.17, 15) is 53.7 Å². The van der Waals surface area contributed by atoms with E-state index in [1.54, 1.807) is 26.0 Å². The van der Waals surface area contributed by atoms with Gasteiger partial charge in [0.05, 0.1) is 19.0 Å². The Bertz CT molecular complexity index is 2320. The number of nitrogens with one attached hydrogen (secondary N) is 6. The highest BCUT2D eigenvalue weighted by atomic mass is 16.6. The molecule has 2 saturated heterocycles. The summed E-state index contributed by atoms with van der Waals surface area (Å²) in [6, 6.07) is 1.25. The van der Waals surface area contributed by atoms with Crippen molar-refractivity contribution in [2.24, 2.45) is 5.92 Å². The fraction of sp³-hybridized carbons (Fsp3) is 0.488. The number of aliphatic hydroxyl groups excluding tert-OH is 3. The van der Waals surface area contributed by atoms with Crippen molar-refractivity contribution >= 4 is 70.2 Å². The number of imidazole rings is 1. The van der Waals surface area contributed by atoms with Crippen LogP contribution in [0.5, 0.6) is 0 Å². The molecule has 0 saturated carbocycles. The summed E-state index contributed by atoms with van der Waals surface area (Å²) >= 11 is 0. The molecule has 25 heteroatoms. The number of likely N-dealkylation sites (tertiary alicyclic amines) is 1. The number of H-pyrrole nitrogens is 1. The molecule has 1 aromatic carbocycles. The zero-order valence-electron chi connectivity index (χ0n) is 36.2. The predicted octanol–water partition coefficient (Wildman–Crippen LogP) is -2.07. The van der Waals surface area contributed by atoms with E-state index in [-0.39, 0.29) is 44.3 Å². The van der Waals surface area contributed by atoms with E-state index in [0.29, 0.717) is 22.4 Å². The molecular formula is C41H51N11O14. The van der Waals surface area contributed by atoms with Crippen LogP contribution >= 0.6 is 0 Å². The van der Waals surface area contributed by atoms with E-state index in [0.717, 1.165) is 28.9 Å². The highest BCUT2D eigenvalue weighted by Gasteiger charge is 2.50. The summed E-state index contributed by atoms with van der Waals surface area (Å²) in [6.45, 7) is 4.75. The highest BCUT2D eigenvalue weighted by Crippen LogP contribution is 2.27. The normalized spacial score (nSPS) is 23.6. The molecule has 3 aliphatic heterocycles. The number of aromatic amines is 1. The Balaban J connectivity index is 1.00. The molecule has 66 heavy (non-hydrogen) atoms. The largest absolute Gasteiger partial charge is 0.460 e. The molecule has 6 rings (SSSR count). The van der Waals surface area contributed by atoms with Crippen LogP contribution in [0.4, 0.5) is 16.3 Å². The molecule has 9 N–H and O–H groups in total. The Hall–Kier alpha value is -7.09. The number of imide groups is 1. The van der Waals surface area contributed by atoms with Crippen molar-refractivity contribution in [2.75, 3.05) is 30.3 Å². The van der Waals surface area contributed by atoms with Gasteiger partial charge in [-0.1, -0.05) is 26.0 Å². The zero-order valence-corrected chi connectivity index (χ0v) is 36.2. The van der Waals surface area contributed by atoms with Crippen LogP contribution in [0.1, 0.15) is 46.1 Å². The third-order valence-electron chi connectivity index (χ3n) is 11.0. The molecular weight excluding hydrogens is 871 g/mol. The first-order valence-corrected chi connectivity index (χ1v) is 20.9. The quantitative estimate of drug-likeness (QED) is 0.0519. The molecule has 3 aliphatic rings. The molecule has 0 spiro atoms. The third-order valence-corrected chi connectivity index (χ3v) is 11.0. The van der Waals surface area contributed by atoms with E-state index >= 15 is 0 Å². The number of anilines is 2. The van der Waals surface area contributed by atoms with Gasteiger partial charge in [0.25, 0.3) is 11.8 Å². The lowest BCUT2D eigenvalue weighted by atomic mass is 9.94. The second-order valence-corrected chi connectivity index (χ2v) is 16.0. The molecule has 354 valence electrons. The van der Waals surface area contributed by atoms with Crippen LogP contribution in [0.2, 0.25) is 0 Å². The number of aliphatic hydroxyl groups is 3. The van der Waals surface area contributed by atoms with Gasteiger partial charge in [0.1, 0.15) is 55.0 Å². The molecule has 0 aliphatic carbocycles. The predicted molar refractivity (Wildman–Crippen MR) is 226 cm³/mol. The third kappa shape index (κ3) is 11.4. The van der Waals surface area contributed by atoms with Gasteiger partial charge < -0.3 is 61.1 Å². The van der Waals surface area contributed by atoms with Crippen LogP contribution in [-0.2, 0) is 54.4 Å². The van der Waals surface area contributed by atoms with Crippen molar-refractivity contribution in [3.8, 4) is 0 Å². The maximum atomic E-state index is 13.9. The molecule has 2 aromatic heterocycles. The Morgan fingerprint density at radius 3 is 2.33 bits per heavy atom. The number of amides is 7. The van der Waals surface area contributed by atoms with Gasteiger partial charge in [-0.3, -0.25) is 43.4 Å². The molecule has 0 radical (unpaired) electrons. The molecule has 25 nitrogen and oxygen atoms in total. The van der Waals surface area contributed by atoms with Crippen LogP contribution in [-0.4, -0.2) is 167 Å². The van der Waals surface area contributed by atoms with Gasteiger partial charge in [-0.2, -0.15) is 0 Å². The average Bonchev–Trinajstić information content (AvgIpc) is 4.02. The first kappa shape index (κ1) is 48.4. The van der Waals surface area contributed by atoms with E-state index in [4.69, 9.17) is 14.2 Å². The first-order chi connectivity index (χ1) is 31.4. The number of carbonyl (C=O) groups is 8. The number of hydrogen-bond acceptors (Lipinski definition) is 18. The van der Waals surface area contributed by atoms with Gasteiger partial charge in [-0.15, -0.1) is 0 Å². The van der Waals surface area contributed by atoms with Crippen LogP contribution in [0.3, 0.4) is 0 Å². The molecule has 5 heterocycles. The Morgan fingerprint density at radius 2 is 1.67 bits per heavy atom. The second-order valence-electron chi connectivity index (χ2n) is 16.0. The van der Waals surface area contributed by atoms with Crippen molar-refractivity contribution < 1.29 is 67.9 Å². The Kier molecular flexibility index (Phi) is 15.6. The number of carbonyl (C=O) groups excluding carboxylic acids is 8. The summed E-state index contributed by atoms with van der Waals surface area (Å²) in [7, 11) is 0. The molecule has 3 aromatic rings. The molecule has 0 unspecified atom stereocenters. The number of fused-ring (bicyclic) bond motifs is 1. The van der Waals surface area contributed by atoms with Crippen LogP contribution in [0.15, 0.2) is 49.1 Å². The summed E-state index contributed by atoms with van der Waals surface area (Å²) in [5.74, 6) is -4.66. The van der Waals surface area contributed by atoms with Gasteiger partial charge in [-0.05, 0) is 30.5 Å². The minimum atomic E-state index is -1.71. The fourth-order valence-electron chi connectivity index (χ4n) is 7.47. The fourth-order valence-corrected chi connectivity index (χ4v) is 7.47. The van der Waals surface area contributed by atoms with E-state index < -0.39 is 109 Å². The van der Waals surface area contributed by atoms with Gasteiger partial charge in [0.15, 0.2) is 23.7 Å². The van der Waals surface area contributed by atoms with E-state index in [2.05, 4.69) is 46.5 Å². The monoisotopic (exact) mass is 921 g/mol. The Labute approximate surface area is 376 Å². The van der Waals surface area contributed by atoms with Crippen LogP contribution in [0, 0.1) is 5.92 Å². The summed E-state index contributed by atoms with van der Waals surface area (Å²) in [4.78, 5) is 119. The molecule has 0 bridgehead atoms. The number of ether oxygens (including phenoxy) is 3. The maximum absolute atomic E-state index is 13.9. The number of nitrogens with zero attached hydrogens (tertiary/aromatic N) is 5. The summed E-state index contributed by atoms with van der Waals surface area (Å²) < 4.78 is 16.7. The zero-order chi connectivity index (χ0) is 47.8. The number of esters is 1.